The van der Waals surface area contributed by atoms with E-state index in [9.17, 15) is 4.79 Å². The first-order valence-electron chi connectivity index (χ1n) is 5.24. The molecule has 0 aromatic heterocycles. The predicted octanol–water partition coefficient (Wildman–Crippen LogP) is 1.78. The molecular weight excluding hydrogens is 176 g/mol. The molecule has 3 aliphatic rings. The largest absolute Gasteiger partial charge is 0.501 e. The molecule has 0 amide bonds. The molecule has 5 unspecified atom stereocenters. The van der Waals surface area contributed by atoms with Crippen LogP contribution in [-0.2, 0) is 9.53 Å². The molecule has 0 aliphatic heterocycles. The van der Waals surface area contributed by atoms with E-state index < -0.39 is 0 Å². The first kappa shape index (κ1) is 8.27. The Balaban J connectivity index is 1.94. The Morgan fingerprint density at radius 1 is 1.50 bits per heavy atom. The van der Waals surface area contributed by atoms with Gasteiger partial charge in [-0.15, -0.1) is 0 Å². The standard InChI is InChI=1S/C12H14O2/c1-14-11-5-8-4-10(11)12-7(6-13)2-3-9(8)12/h2-3,5-10,12H,4H2,1H3. The highest BCUT2D eigenvalue weighted by atomic mass is 16.5. The smallest absolute Gasteiger partial charge is 0.127 e. The highest BCUT2D eigenvalue weighted by Crippen LogP contribution is 2.57. The summed E-state index contributed by atoms with van der Waals surface area (Å²) in [5.41, 5.74) is 0. The lowest BCUT2D eigenvalue weighted by Gasteiger charge is -2.26. The summed E-state index contributed by atoms with van der Waals surface area (Å²) in [5.74, 6) is 3.48. The molecule has 0 N–H and O–H groups in total. The highest BCUT2D eigenvalue weighted by Gasteiger charge is 2.52. The van der Waals surface area contributed by atoms with E-state index in [2.05, 4.69) is 18.2 Å². The van der Waals surface area contributed by atoms with Crippen molar-refractivity contribution < 1.29 is 9.53 Å². The fourth-order valence-corrected chi connectivity index (χ4v) is 3.52. The zero-order valence-corrected chi connectivity index (χ0v) is 8.22. The number of fused-ring (bicyclic) bond motifs is 5. The van der Waals surface area contributed by atoms with Gasteiger partial charge in [0.25, 0.3) is 0 Å². The minimum Gasteiger partial charge on any atom is -0.501 e. The van der Waals surface area contributed by atoms with Crippen molar-refractivity contribution in [2.75, 3.05) is 7.11 Å². The molecule has 3 rings (SSSR count). The van der Waals surface area contributed by atoms with Crippen LogP contribution in [0.3, 0.4) is 0 Å². The van der Waals surface area contributed by atoms with Crippen LogP contribution >= 0.6 is 0 Å². The van der Waals surface area contributed by atoms with Crippen molar-refractivity contribution in [3.63, 3.8) is 0 Å². The summed E-state index contributed by atoms with van der Waals surface area (Å²) in [5, 5.41) is 0. The number of hydrogen-bond donors (Lipinski definition) is 0. The van der Waals surface area contributed by atoms with Crippen LogP contribution in [0.25, 0.3) is 0 Å². The fourth-order valence-electron chi connectivity index (χ4n) is 3.52. The van der Waals surface area contributed by atoms with Gasteiger partial charge in [0.1, 0.15) is 6.29 Å². The number of hydrogen-bond acceptors (Lipinski definition) is 2. The number of rotatable bonds is 2. The lowest BCUT2D eigenvalue weighted by atomic mass is 9.80. The molecule has 14 heavy (non-hydrogen) atoms. The maximum atomic E-state index is 10.9. The second kappa shape index (κ2) is 2.72. The fraction of sp³-hybridized carbons (Fsp3) is 0.583. The monoisotopic (exact) mass is 190 g/mol. The normalized spacial score (nSPS) is 47.8. The Labute approximate surface area is 83.6 Å². The molecule has 0 spiro atoms. The molecular formula is C12H14O2. The van der Waals surface area contributed by atoms with Crippen molar-refractivity contribution in [2.45, 2.75) is 6.42 Å². The van der Waals surface area contributed by atoms with Crippen LogP contribution in [0.1, 0.15) is 6.42 Å². The summed E-state index contributed by atoms with van der Waals surface area (Å²) >= 11 is 0. The molecule has 0 saturated heterocycles. The van der Waals surface area contributed by atoms with Gasteiger partial charge in [0, 0.05) is 11.8 Å². The summed E-state index contributed by atoms with van der Waals surface area (Å²) in [6.07, 6.45) is 8.84. The van der Waals surface area contributed by atoms with Crippen molar-refractivity contribution in [2.24, 2.45) is 29.6 Å². The third-order valence-electron chi connectivity index (χ3n) is 4.07. The molecule has 1 saturated carbocycles. The third-order valence-corrected chi connectivity index (χ3v) is 4.07. The lowest BCUT2D eigenvalue weighted by Crippen LogP contribution is -2.24. The molecule has 2 bridgehead atoms. The summed E-state index contributed by atoms with van der Waals surface area (Å²) in [4.78, 5) is 10.9. The Hall–Kier alpha value is -1.05. The Bertz CT molecular complexity index is 329. The lowest BCUT2D eigenvalue weighted by molar-refractivity contribution is -0.111. The summed E-state index contributed by atoms with van der Waals surface area (Å²) < 4.78 is 5.36. The van der Waals surface area contributed by atoms with Crippen LogP contribution < -0.4 is 0 Å². The second-order valence-corrected chi connectivity index (χ2v) is 4.53. The summed E-state index contributed by atoms with van der Waals surface area (Å²) in [6.45, 7) is 0. The molecule has 3 aliphatic carbocycles. The number of carbonyl (C=O) groups excluding carboxylic acids is 1. The Kier molecular flexibility index (Phi) is 1.61. The molecule has 0 radical (unpaired) electrons. The maximum absolute atomic E-state index is 10.9. The van der Waals surface area contributed by atoms with Gasteiger partial charge in [-0.1, -0.05) is 12.2 Å². The van der Waals surface area contributed by atoms with Gasteiger partial charge in [0.2, 0.25) is 0 Å². The van der Waals surface area contributed by atoms with Gasteiger partial charge in [-0.05, 0) is 30.3 Å². The third kappa shape index (κ3) is 0.839. The van der Waals surface area contributed by atoms with Gasteiger partial charge in [0.05, 0.1) is 12.9 Å². The Morgan fingerprint density at radius 3 is 3.07 bits per heavy atom. The number of aldehydes is 1. The molecule has 5 atom stereocenters. The molecule has 0 heterocycles. The van der Waals surface area contributed by atoms with Gasteiger partial charge in [-0.3, -0.25) is 0 Å². The van der Waals surface area contributed by atoms with Crippen molar-refractivity contribution in [1.82, 2.24) is 0 Å². The average Bonchev–Trinajstić information content (AvgIpc) is 2.87. The van der Waals surface area contributed by atoms with Crippen LogP contribution in [0.15, 0.2) is 24.0 Å². The van der Waals surface area contributed by atoms with Gasteiger partial charge >= 0.3 is 0 Å². The van der Waals surface area contributed by atoms with E-state index in [-0.39, 0.29) is 5.92 Å². The average molecular weight is 190 g/mol. The van der Waals surface area contributed by atoms with E-state index in [1.807, 2.05) is 0 Å². The van der Waals surface area contributed by atoms with Crippen molar-refractivity contribution in [3.8, 4) is 0 Å². The molecule has 0 aromatic rings. The van der Waals surface area contributed by atoms with E-state index in [4.69, 9.17) is 4.74 Å². The molecule has 2 nitrogen and oxygen atoms in total. The van der Waals surface area contributed by atoms with Gasteiger partial charge in [-0.2, -0.15) is 0 Å². The number of allylic oxidation sites excluding steroid dienone is 4. The summed E-state index contributed by atoms with van der Waals surface area (Å²) in [7, 11) is 1.74. The quantitative estimate of drug-likeness (QED) is 0.490. The van der Waals surface area contributed by atoms with Crippen molar-refractivity contribution in [1.29, 1.82) is 0 Å². The first-order valence-corrected chi connectivity index (χ1v) is 5.24. The Morgan fingerprint density at radius 2 is 2.36 bits per heavy atom. The van der Waals surface area contributed by atoms with E-state index in [1.54, 1.807) is 7.11 Å². The van der Waals surface area contributed by atoms with Gasteiger partial charge in [-0.25, -0.2) is 0 Å². The van der Waals surface area contributed by atoms with Crippen LogP contribution in [-0.4, -0.2) is 13.4 Å². The zero-order chi connectivity index (χ0) is 9.71. The SMILES string of the molecule is COC1=CC2CC1C1C(C=O)C=CC21. The van der Waals surface area contributed by atoms with E-state index >= 15 is 0 Å². The van der Waals surface area contributed by atoms with Crippen molar-refractivity contribution in [3.05, 3.63) is 24.0 Å². The minimum absolute atomic E-state index is 0.133. The van der Waals surface area contributed by atoms with E-state index in [0.717, 1.165) is 12.0 Å². The molecule has 2 heteroatoms. The predicted molar refractivity (Wildman–Crippen MR) is 52.4 cm³/mol. The highest BCUT2D eigenvalue weighted by molar-refractivity contribution is 5.59. The number of methoxy groups -OCH3 is 1. The number of carbonyl (C=O) groups is 1. The van der Waals surface area contributed by atoms with Crippen LogP contribution in [0.2, 0.25) is 0 Å². The second-order valence-electron chi connectivity index (χ2n) is 4.53. The van der Waals surface area contributed by atoms with Gasteiger partial charge in [0.15, 0.2) is 0 Å². The first-order chi connectivity index (χ1) is 6.85. The van der Waals surface area contributed by atoms with E-state index in [1.165, 1.54) is 6.42 Å². The molecule has 1 fully saturated rings. The molecule has 0 aromatic carbocycles. The zero-order valence-electron chi connectivity index (χ0n) is 8.22. The topological polar surface area (TPSA) is 26.3 Å². The van der Waals surface area contributed by atoms with Gasteiger partial charge < -0.3 is 9.53 Å². The summed E-state index contributed by atoms with van der Waals surface area (Å²) in [6, 6.07) is 0. The van der Waals surface area contributed by atoms with Crippen LogP contribution in [0.4, 0.5) is 0 Å². The molecule has 74 valence electrons. The van der Waals surface area contributed by atoms with Crippen LogP contribution in [0, 0.1) is 29.6 Å². The van der Waals surface area contributed by atoms with Crippen molar-refractivity contribution >= 4 is 6.29 Å². The van der Waals surface area contributed by atoms with Crippen LogP contribution in [0.5, 0.6) is 0 Å². The number of ether oxygens (including phenoxy) is 1. The minimum atomic E-state index is 0.133. The van der Waals surface area contributed by atoms with E-state index in [0.29, 0.717) is 23.7 Å². The maximum Gasteiger partial charge on any atom is 0.127 e.